The largest absolute Gasteiger partial charge is 0.493 e. The molecule has 27 heavy (non-hydrogen) atoms. The number of nitrogens with zero attached hydrogens (tertiary/aromatic N) is 1. The number of esters is 1. The Hall–Kier alpha value is -3.35. The van der Waals surface area contributed by atoms with Gasteiger partial charge in [0.05, 0.1) is 20.6 Å². The number of aryl methyl sites for hydroxylation is 1. The lowest BCUT2D eigenvalue weighted by Crippen LogP contribution is -2.14. The Labute approximate surface area is 155 Å². The van der Waals surface area contributed by atoms with Gasteiger partial charge in [-0.1, -0.05) is 12.1 Å². The van der Waals surface area contributed by atoms with Crippen LogP contribution in [0, 0.1) is 0 Å². The van der Waals surface area contributed by atoms with Crippen molar-refractivity contribution < 1.29 is 28.2 Å². The van der Waals surface area contributed by atoms with E-state index in [1.54, 1.807) is 18.2 Å². The van der Waals surface area contributed by atoms with E-state index in [1.165, 1.54) is 14.2 Å². The van der Waals surface area contributed by atoms with Crippen LogP contribution in [0.15, 0.2) is 46.9 Å². The van der Waals surface area contributed by atoms with Crippen molar-refractivity contribution in [3.8, 4) is 11.5 Å². The molecule has 0 N–H and O–H groups in total. The summed E-state index contributed by atoms with van der Waals surface area (Å²) in [5, 5.41) is 0. The molecular formula is C20H19NO6. The summed E-state index contributed by atoms with van der Waals surface area (Å²) in [6, 6.07) is 12.1. The number of ether oxygens (including phenoxy) is 3. The van der Waals surface area contributed by atoms with Crippen LogP contribution in [-0.2, 0) is 16.0 Å². The highest BCUT2D eigenvalue weighted by Crippen LogP contribution is 2.27. The van der Waals surface area contributed by atoms with Gasteiger partial charge in [0, 0.05) is 12.0 Å². The van der Waals surface area contributed by atoms with E-state index in [2.05, 4.69) is 4.98 Å². The van der Waals surface area contributed by atoms with E-state index < -0.39 is 5.97 Å². The molecule has 0 aliphatic carbocycles. The summed E-state index contributed by atoms with van der Waals surface area (Å²) in [6.07, 6.45) is 0.379. The zero-order valence-corrected chi connectivity index (χ0v) is 15.1. The second-order valence-corrected chi connectivity index (χ2v) is 5.73. The number of benzene rings is 2. The Kier molecular flexibility index (Phi) is 5.71. The molecule has 0 bridgehead atoms. The Balaban J connectivity index is 1.51. The standard InChI is InChI=1S/C20H19NO6/c1-24-17-8-7-13(11-18(17)25-2)15(22)12-26-20(23)10-9-19-21-14-5-3-4-6-16(14)27-19/h3-8,11H,9-10,12H2,1-2H3. The molecule has 0 aliphatic rings. The van der Waals surface area contributed by atoms with Gasteiger partial charge in [-0.2, -0.15) is 0 Å². The normalized spacial score (nSPS) is 10.6. The van der Waals surface area contributed by atoms with Crippen molar-refractivity contribution in [2.45, 2.75) is 12.8 Å². The molecular weight excluding hydrogens is 350 g/mol. The predicted octanol–water partition coefficient (Wildman–Crippen LogP) is 3.20. The van der Waals surface area contributed by atoms with Gasteiger partial charge in [-0.05, 0) is 30.3 Å². The van der Waals surface area contributed by atoms with Gasteiger partial charge in [-0.25, -0.2) is 4.98 Å². The predicted molar refractivity (Wildman–Crippen MR) is 97.2 cm³/mol. The lowest BCUT2D eigenvalue weighted by Gasteiger charge is -2.09. The molecule has 1 heterocycles. The summed E-state index contributed by atoms with van der Waals surface area (Å²) in [7, 11) is 3.00. The minimum absolute atomic E-state index is 0.0754. The van der Waals surface area contributed by atoms with E-state index in [-0.39, 0.29) is 18.8 Å². The molecule has 140 valence electrons. The summed E-state index contributed by atoms with van der Waals surface area (Å²) < 4.78 is 20.9. The zero-order chi connectivity index (χ0) is 19.2. The first-order chi connectivity index (χ1) is 13.1. The van der Waals surface area contributed by atoms with Gasteiger partial charge in [0.1, 0.15) is 5.52 Å². The summed E-state index contributed by atoms with van der Waals surface area (Å²) in [6.45, 7) is -0.345. The average molecular weight is 369 g/mol. The van der Waals surface area contributed by atoms with Crippen LogP contribution in [-0.4, -0.2) is 37.6 Å². The zero-order valence-electron chi connectivity index (χ0n) is 15.1. The third-order valence-electron chi connectivity index (χ3n) is 3.95. The molecule has 0 saturated heterocycles. The molecule has 7 heteroatoms. The van der Waals surface area contributed by atoms with Gasteiger partial charge in [-0.15, -0.1) is 0 Å². The molecule has 0 aliphatic heterocycles. The highest BCUT2D eigenvalue weighted by atomic mass is 16.5. The summed E-state index contributed by atoms with van der Waals surface area (Å²) in [4.78, 5) is 28.4. The smallest absolute Gasteiger partial charge is 0.306 e. The molecule has 0 radical (unpaired) electrons. The van der Waals surface area contributed by atoms with E-state index in [9.17, 15) is 9.59 Å². The Morgan fingerprint density at radius 1 is 1.04 bits per heavy atom. The van der Waals surface area contributed by atoms with Crippen molar-refractivity contribution in [2.24, 2.45) is 0 Å². The molecule has 3 aromatic rings. The number of para-hydroxylation sites is 2. The SMILES string of the molecule is COc1ccc(C(=O)COC(=O)CCc2nc3ccccc3o2)cc1OC. The maximum atomic E-state index is 12.2. The van der Waals surface area contributed by atoms with Crippen LogP contribution < -0.4 is 9.47 Å². The van der Waals surface area contributed by atoms with Crippen LogP contribution in [0.2, 0.25) is 0 Å². The number of hydrogen-bond acceptors (Lipinski definition) is 7. The Morgan fingerprint density at radius 3 is 2.56 bits per heavy atom. The second-order valence-electron chi connectivity index (χ2n) is 5.73. The summed E-state index contributed by atoms with van der Waals surface area (Å²) in [5.74, 6) is 0.589. The molecule has 0 unspecified atom stereocenters. The van der Waals surface area contributed by atoms with Gasteiger partial charge in [0.15, 0.2) is 35.4 Å². The van der Waals surface area contributed by atoms with Crippen molar-refractivity contribution >= 4 is 22.9 Å². The quantitative estimate of drug-likeness (QED) is 0.445. The van der Waals surface area contributed by atoms with Crippen molar-refractivity contribution in [1.29, 1.82) is 0 Å². The number of Topliss-reactive ketones (excluding diaryl/α,β-unsaturated/α-hetero) is 1. The fourth-order valence-corrected chi connectivity index (χ4v) is 2.55. The number of ketones is 1. The Bertz CT molecular complexity index is 929. The fourth-order valence-electron chi connectivity index (χ4n) is 2.55. The number of carbonyl (C=O) groups excluding carboxylic acids is 2. The van der Waals surface area contributed by atoms with Crippen LogP contribution in [0.4, 0.5) is 0 Å². The van der Waals surface area contributed by atoms with Crippen LogP contribution in [0.1, 0.15) is 22.7 Å². The van der Waals surface area contributed by atoms with Crippen molar-refractivity contribution in [2.75, 3.05) is 20.8 Å². The molecule has 7 nitrogen and oxygen atoms in total. The van der Waals surface area contributed by atoms with E-state index >= 15 is 0 Å². The highest BCUT2D eigenvalue weighted by Gasteiger charge is 2.14. The molecule has 0 fully saturated rings. The number of rotatable bonds is 8. The van der Waals surface area contributed by atoms with E-state index in [0.717, 1.165) is 5.52 Å². The minimum atomic E-state index is -0.494. The first kappa shape index (κ1) is 18.4. The van der Waals surface area contributed by atoms with Crippen molar-refractivity contribution in [1.82, 2.24) is 4.98 Å². The van der Waals surface area contributed by atoms with Crippen molar-refractivity contribution in [3.63, 3.8) is 0 Å². The molecule has 3 rings (SSSR count). The molecule has 0 saturated carbocycles. The number of fused-ring (bicyclic) bond motifs is 1. The summed E-state index contributed by atoms with van der Waals surface area (Å²) >= 11 is 0. The topological polar surface area (TPSA) is 87.9 Å². The van der Waals surface area contributed by atoms with Gasteiger partial charge < -0.3 is 18.6 Å². The maximum absolute atomic E-state index is 12.2. The van der Waals surface area contributed by atoms with Crippen LogP contribution in [0.3, 0.4) is 0 Å². The van der Waals surface area contributed by atoms with Gasteiger partial charge >= 0.3 is 5.97 Å². The first-order valence-corrected chi connectivity index (χ1v) is 8.36. The third-order valence-corrected chi connectivity index (χ3v) is 3.95. The second kappa shape index (κ2) is 8.35. The van der Waals surface area contributed by atoms with E-state index in [1.807, 2.05) is 24.3 Å². The fraction of sp³-hybridized carbons (Fsp3) is 0.250. The number of carbonyl (C=O) groups is 2. The van der Waals surface area contributed by atoms with Crippen molar-refractivity contribution in [3.05, 3.63) is 53.9 Å². The van der Waals surface area contributed by atoms with Crippen LogP contribution in [0.5, 0.6) is 11.5 Å². The van der Waals surface area contributed by atoms with Crippen LogP contribution in [0.25, 0.3) is 11.1 Å². The Morgan fingerprint density at radius 2 is 1.81 bits per heavy atom. The minimum Gasteiger partial charge on any atom is -0.493 e. The summed E-state index contributed by atoms with van der Waals surface area (Å²) in [5.41, 5.74) is 1.79. The molecule has 2 aromatic carbocycles. The third kappa shape index (κ3) is 4.44. The van der Waals surface area contributed by atoms with E-state index in [0.29, 0.717) is 35.0 Å². The highest BCUT2D eigenvalue weighted by molar-refractivity contribution is 5.98. The molecule has 1 aromatic heterocycles. The van der Waals surface area contributed by atoms with Crippen LogP contribution >= 0.6 is 0 Å². The average Bonchev–Trinajstić information content (AvgIpc) is 3.12. The van der Waals surface area contributed by atoms with Gasteiger partial charge in [0.2, 0.25) is 0 Å². The number of hydrogen-bond donors (Lipinski definition) is 0. The van der Waals surface area contributed by atoms with Gasteiger partial charge in [-0.3, -0.25) is 9.59 Å². The monoisotopic (exact) mass is 369 g/mol. The van der Waals surface area contributed by atoms with Gasteiger partial charge in [0.25, 0.3) is 0 Å². The first-order valence-electron chi connectivity index (χ1n) is 8.36. The molecule has 0 atom stereocenters. The molecule has 0 spiro atoms. The maximum Gasteiger partial charge on any atom is 0.306 e. The molecule has 0 amide bonds. The lowest BCUT2D eigenvalue weighted by atomic mass is 10.1. The number of aromatic nitrogens is 1. The number of oxazole rings is 1. The van der Waals surface area contributed by atoms with E-state index in [4.69, 9.17) is 18.6 Å². The number of methoxy groups -OCH3 is 2. The lowest BCUT2D eigenvalue weighted by molar-refractivity contribution is -0.142.